The lowest BCUT2D eigenvalue weighted by Crippen LogP contribution is -2.50. The number of hydrogen-bond donors (Lipinski definition) is 1. The molecular formula is C14H26N2O. The van der Waals surface area contributed by atoms with E-state index in [0.29, 0.717) is 5.92 Å². The van der Waals surface area contributed by atoms with Crippen molar-refractivity contribution in [2.75, 3.05) is 26.3 Å². The van der Waals surface area contributed by atoms with Gasteiger partial charge in [0.1, 0.15) is 0 Å². The van der Waals surface area contributed by atoms with Crippen molar-refractivity contribution in [3.63, 3.8) is 0 Å². The normalized spacial score (nSPS) is 38.8. The first kappa shape index (κ1) is 11.9. The van der Waals surface area contributed by atoms with Crippen molar-refractivity contribution >= 4 is 0 Å². The van der Waals surface area contributed by atoms with E-state index in [-0.39, 0.29) is 0 Å². The van der Waals surface area contributed by atoms with Gasteiger partial charge in [0.25, 0.3) is 0 Å². The molecule has 2 aliphatic heterocycles. The van der Waals surface area contributed by atoms with Gasteiger partial charge in [0.15, 0.2) is 0 Å². The van der Waals surface area contributed by atoms with E-state index >= 15 is 0 Å². The van der Waals surface area contributed by atoms with E-state index in [1.165, 1.54) is 45.2 Å². The summed E-state index contributed by atoms with van der Waals surface area (Å²) in [6, 6.07) is 2.42. The van der Waals surface area contributed by atoms with Gasteiger partial charge in [0, 0.05) is 31.3 Å². The smallest absolute Gasteiger partial charge is 0.0506 e. The summed E-state index contributed by atoms with van der Waals surface area (Å²) in [5, 5.41) is 3.65. The number of nitrogens with one attached hydrogen (secondary N) is 1. The number of nitrogens with zero attached hydrogens (tertiary/aromatic N) is 1. The molecular weight excluding hydrogens is 212 g/mol. The second kappa shape index (κ2) is 5.25. The molecule has 3 aliphatic rings. The molecule has 0 aromatic carbocycles. The predicted molar refractivity (Wildman–Crippen MR) is 69.1 cm³/mol. The second-order valence-corrected chi connectivity index (χ2v) is 6.13. The number of ether oxygens (including phenoxy) is 1. The van der Waals surface area contributed by atoms with Crippen LogP contribution in [0.15, 0.2) is 0 Å². The van der Waals surface area contributed by atoms with Crippen molar-refractivity contribution in [2.24, 2.45) is 5.92 Å². The molecule has 0 aromatic rings. The molecule has 3 fully saturated rings. The highest BCUT2D eigenvalue weighted by atomic mass is 16.5. The number of hydrogen-bond acceptors (Lipinski definition) is 3. The first-order valence-electron chi connectivity index (χ1n) is 7.41. The lowest BCUT2D eigenvalue weighted by molar-refractivity contribution is -0.0113. The lowest BCUT2D eigenvalue weighted by Gasteiger charge is -2.40. The van der Waals surface area contributed by atoms with Crippen LogP contribution >= 0.6 is 0 Å². The van der Waals surface area contributed by atoms with E-state index in [9.17, 15) is 0 Å². The molecule has 2 saturated heterocycles. The average Bonchev–Trinajstić information content (AvgIpc) is 3.05. The molecule has 3 unspecified atom stereocenters. The zero-order chi connectivity index (χ0) is 11.7. The van der Waals surface area contributed by atoms with E-state index in [1.54, 1.807) is 0 Å². The lowest BCUT2D eigenvalue weighted by atomic mass is 9.95. The monoisotopic (exact) mass is 238 g/mol. The zero-order valence-electron chi connectivity index (χ0n) is 11.0. The highest BCUT2D eigenvalue weighted by molar-refractivity contribution is 4.94. The molecule has 3 heteroatoms. The van der Waals surface area contributed by atoms with Gasteiger partial charge < -0.3 is 10.1 Å². The fourth-order valence-electron chi connectivity index (χ4n) is 3.49. The van der Waals surface area contributed by atoms with Gasteiger partial charge in [-0.25, -0.2) is 0 Å². The highest BCUT2D eigenvalue weighted by Crippen LogP contribution is 2.33. The summed E-state index contributed by atoms with van der Waals surface area (Å²) in [5.41, 5.74) is 0. The molecule has 0 aromatic heterocycles. The Labute approximate surface area is 105 Å². The largest absolute Gasteiger partial charge is 0.381 e. The summed E-state index contributed by atoms with van der Waals surface area (Å²) >= 11 is 0. The molecule has 2 heterocycles. The summed E-state index contributed by atoms with van der Waals surface area (Å²) in [6.45, 7) is 6.80. The van der Waals surface area contributed by atoms with Gasteiger partial charge in [-0.1, -0.05) is 6.92 Å². The molecule has 1 N–H and O–H groups in total. The molecule has 0 bridgehead atoms. The Balaban J connectivity index is 1.61. The quantitative estimate of drug-likeness (QED) is 0.805. The van der Waals surface area contributed by atoms with Crippen LogP contribution in [-0.4, -0.2) is 49.3 Å². The third-order valence-corrected chi connectivity index (χ3v) is 4.63. The molecule has 0 amide bonds. The van der Waals surface area contributed by atoms with Gasteiger partial charge in [-0.15, -0.1) is 0 Å². The Morgan fingerprint density at radius 1 is 1.24 bits per heavy atom. The summed E-state index contributed by atoms with van der Waals surface area (Å²) in [5.74, 6) is 0.714. The predicted octanol–water partition coefficient (Wildman–Crippen LogP) is 1.63. The van der Waals surface area contributed by atoms with Crippen molar-refractivity contribution < 1.29 is 4.74 Å². The zero-order valence-corrected chi connectivity index (χ0v) is 11.0. The maximum absolute atomic E-state index is 5.59. The van der Waals surface area contributed by atoms with Crippen molar-refractivity contribution in [3.05, 3.63) is 0 Å². The minimum atomic E-state index is 0.714. The summed E-state index contributed by atoms with van der Waals surface area (Å²) < 4.78 is 5.59. The van der Waals surface area contributed by atoms with E-state index < -0.39 is 0 Å². The fourth-order valence-corrected chi connectivity index (χ4v) is 3.49. The van der Waals surface area contributed by atoms with Crippen LogP contribution in [-0.2, 0) is 4.74 Å². The SMILES string of the molecule is CC1COCCC1N(CC1CCCN1)C1CC1. The minimum Gasteiger partial charge on any atom is -0.381 e. The Hall–Kier alpha value is -0.120. The van der Waals surface area contributed by atoms with Crippen LogP contribution in [0.3, 0.4) is 0 Å². The average molecular weight is 238 g/mol. The van der Waals surface area contributed by atoms with Crippen molar-refractivity contribution in [1.82, 2.24) is 10.2 Å². The van der Waals surface area contributed by atoms with Crippen LogP contribution in [0.2, 0.25) is 0 Å². The summed E-state index contributed by atoms with van der Waals surface area (Å²) in [4.78, 5) is 2.82. The van der Waals surface area contributed by atoms with Crippen LogP contribution < -0.4 is 5.32 Å². The Morgan fingerprint density at radius 3 is 2.76 bits per heavy atom. The van der Waals surface area contributed by atoms with Crippen LogP contribution in [0, 0.1) is 5.92 Å². The van der Waals surface area contributed by atoms with E-state index in [2.05, 4.69) is 17.1 Å². The molecule has 3 rings (SSSR count). The molecule has 1 saturated carbocycles. The van der Waals surface area contributed by atoms with Gasteiger partial charge in [-0.05, 0) is 44.6 Å². The van der Waals surface area contributed by atoms with Gasteiger partial charge in [0.2, 0.25) is 0 Å². The molecule has 3 atom stereocenters. The number of rotatable bonds is 4. The van der Waals surface area contributed by atoms with Crippen LogP contribution in [0.4, 0.5) is 0 Å². The molecule has 98 valence electrons. The second-order valence-electron chi connectivity index (χ2n) is 6.13. The third kappa shape index (κ3) is 2.83. The maximum Gasteiger partial charge on any atom is 0.0506 e. The van der Waals surface area contributed by atoms with Crippen LogP contribution in [0.5, 0.6) is 0 Å². The van der Waals surface area contributed by atoms with Crippen LogP contribution in [0.25, 0.3) is 0 Å². The minimum absolute atomic E-state index is 0.714. The van der Waals surface area contributed by atoms with Crippen molar-refractivity contribution in [2.45, 2.75) is 57.2 Å². The molecule has 1 aliphatic carbocycles. The first-order valence-corrected chi connectivity index (χ1v) is 7.41. The van der Waals surface area contributed by atoms with Gasteiger partial charge in [-0.2, -0.15) is 0 Å². The Bertz CT molecular complexity index is 249. The first-order chi connectivity index (χ1) is 8.34. The molecule has 3 nitrogen and oxygen atoms in total. The summed E-state index contributed by atoms with van der Waals surface area (Å²) in [7, 11) is 0. The van der Waals surface area contributed by atoms with Gasteiger partial charge >= 0.3 is 0 Å². The topological polar surface area (TPSA) is 24.5 Å². The maximum atomic E-state index is 5.59. The molecule has 17 heavy (non-hydrogen) atoms. The van der Waals surface area contributed by atoms with Gasteiger partial charge in [0.05, 0.1) is 6.61 Å². The third-order valence-electron chi connectivity index (χ3n) is 4.63. The summed E-state index contributed by atoms with van der Waals surface area (Å²) in [6.07, 6.45) is 6.84. The van der Waals surface area contributed by atoms with Crippen molar-refractivity contribution in [3.8, 4) is 0 Å². The fraction of sp³-hybridized carbons (Fsp3) is 1.00. The molecule has 0 radical (unpaired) electrons. The Morgan fingerprint density at radius 2 is 2.12 bits per heavy atom. The highest BCUT2D eigenvalue weighted by Gasteiger charge is 2.38. The van der Waals surface area contributed by atoms with Crippen molar-refractivity contribution in [1.29, 1.82) is 0 Å². The Kier molecular flexibility index (Phi) is 3.69. The standard InChI is InChI=1S/C14H26N2O/c1-11-10-17-8-6-14(11)16(13-4-5-13)9-12-3-2-7-15-12/h11-15H,2-10H2,1H3. The van der Waals surface area contributed by atoms with E-state index in [0.717, 1.165) is 31.3 Å². The van der Waals surface area contributed by atoms with Crippen LogP contribution in [0.1, 0.15) is 39.0 Å². The van der Waals surface area contributed by atoms with Gasteiger partial charge in [-0.3, -0.25) is 4.90 Å². The van der Waals surface area contributed by atoms with E-state index in [4.69, 9.17) is 4.74 Å². The molecule has 0 spiro atoms. The van der Waals surface area contributed by atoms with E-state index in [1.807, 2.05) is 0 Å².